The topological polar surface area (TPSA) is 17.1 Å². The fourth-order valence-electron chi connectivity index (χ4n) is 1.52. The molecule has 1 unspecified atom stereocenters. The van der Waals surface area contributed by atoms with Gasteiger partial charge in [0.1, 0.15) is 12.1 Å². The lowest BCUT2D eigenvalue weighted by Crippen LogP contribution is -2.04. The Morgan fingerprint density at radius 2 is 2.13 bits per heavy atom. The number of benzene rings is 1. The molecule has 82 valence electrons. The predicted molar refractivity (Wildman–Crippen MR) is 59.7 cm³/mol. The minimum Gasteiger partial charge on any atom is -0.303 e. The summed E-state index contributed by atoms with van der Waals surface area (Å²) in [6, 6.07) is 4.53. The zero-order valence-electron chi connectivity index (χ0n) is 8.84. The van der Waals surface area contributed by atoms with Crippen LogP contribution in [-0.4, -0.2) is 6.29 Å². The minimum absolute atomic E-state index is 0.0907. The number of hydrogen-bond acceptors (Lipinski definition) is 1. The Labute approximate surface area is 94.3 Å². The molecule has 0 aliphatic heterocycles. The maximum Gasteiger partial charge on any atom is 0.142 e. The van der Waals surface area contributed by atoms with Crippen LogP contribution in [-0.2, 0) is 4.79 Å². The summed E-state index contributed by atoms with van der Waals surface area (Å²) in [7, 11) is 0. The van der Waals surface area contributed by atoms with Gasteiger partial charge in [0, 0.05) is 5.92 Å². The van der Waals surface area contributed by atoms with Crippen LogP contribution >= 0.6 is 11.6 Å². The van der Waals surface area contributed by atoms with E-state index in [2.05, 4.69) is 0 Å². The van der Waals surface area contributed by atoms with Crippen molar-refractivity contribution in [3.05, 3.63) is 34.6 Å². The molecule has 0 saturated carbocycles. The minimum atomic E-state index is -0.468. The first-order valence-corrected chi connectivity index (χ1v) is 5.32. The molecule has 3 heteroatoms. The van der Waals surface area contributed by atoms with Gasteiger partial charge in [0.25, 0.3) is 0 Å². The fourth-order valence-corrected chi connectivity index (χ4v) is 1.64. The van der Waals surface area contributed by atoms with Crippen LogP contribution in [0.25, 0.3) is 0 Å². The molecule has 1 aromatic rings. The van der Waals surface area contributed by atoms with Crippen molar-refractivity contribution < 1.29 is 9.18 Å². The average molecular weight is 229 g/mol. The number of rotatable bonds is 4. The Bertz CT molecular complexity index is 349. The largest absolute Gasteiger partial charge is 0.303 e. The fraction of sp³-hybridized carbons (Fsp3) is 0.417. The van der Waals surface area contributed by atoms with Gasteiger partial charge in [-0.15, -0.1) is 0 Å². The quantitative estimate of drug-likeness (QED) is 0.717. The van der Waals surface area contributed by atoms with E-state index in [1.807, 2.05) is 13.8 Å². The number of carbonyl (C=O) groups is 1. The Morgan fingerprint density at radius 3 is 2.60 bits per heavy atom. The third-order valence-electron chi connectivity index (χ3n) is 2.26. The molecule has 0 saturated heterocycles. The Morgan fingerprint density at radius 1 is 1.47 bits per heavy atom. The molecular formula is C12H14ClFO. The smallest absolute Gasteiger partial charge is 0.142 e. The lowest BCUT2D eigenvalue weighted by atomic mass is 9.91. The second-order valence-corrected chi connectivity index (χ2v) is 4.45. The zero-order valence-corrected chi connectivity index (χ0v) is 9.59. The molecule has 0 radical (unpaired) electrons. The summed E-state index contributed by atoms with van der Waals surface area (Å²) in [6.45, 7) is 4.06. The van der Waals surface area contributed by atoms with Crippen LogP contribution in [0.1, 0.15) is 31.7 Å². The van der Waals surface area contributed by atoms with Gasteiger partial charge in [-0.25, -0.2) is 4.39 Å². The average Bonchev–Trinajstić information content (AvgIpc) is 2.18. The van der Waals surface area contributed by atoms with Crippen molar-refractivity contribution >= 4 is 17.9 Å². The van der Waals surface area contributed by atoms with Crippen LogP contribution in [0.2, 0.25) is 5.02 Å². The first kappa shape index (κ1) is 12.2. The van der Waals surface area contributed by atoms with Gasteiger partial charge >= 0.3 is 0 Å². The molecular weight excluding hydrogens is 215 g/mol. The van der Waals surface area contributed by atoms with Crippen LogP contribution < -0.4 is 0 Å². The molecule has 0 N–H and O–H groups in total. The molecule has 0 aromatic heterocycles. The Hall–Kier alpha value is -0.890. The van der Waals surface area contributed by atoms with Gasteiger partial charge in [-0.05, 0) is 30.0 Å². The molecule has 1 aromatic carbocycles. The molecule has 1 rings (SSSR count). The lowest BCUT2D eigenvalue weighted by Gasteiger charge is -2.13. The molecule has 0 fully saturated rings. The van der Waals surface area contributed by atoms with E-state index in [-0.39, 0.29) is 10.9 Å². The van der Waals surface area contributed by atoms with E-state index in [9.17, 15) is 9.18 Å². The molecule has 0 heterocycles. The number of halogens is 2. The first-order valence-electron chi connectivity index (χ1n) is 4.94. The molecule has 1 atom stereocenters. The highest BCUT2D eigenvalue weighted by Crippen LogP contribution is 2.25. The number of aldehydes is 1. The molecule has 15 heavy (non-hydrogen) atoms. The summed E-state index contributed by atoms with van der Waals surface area (Å²) in [5.74, 6) is -0.305. The van der Waals surface area contributed by atoms with Gasteiger partial charge < -0.3 is 4.79 Å². The second-order valence-electron chi connectivity index (χ2n) is 4.05. The van der Waals surface area contributed by atoms with Crippen LogP contribution in [0.3, 0.4) is 0 Å². The van der Waals surface area contributed by atoms with Gasteiger partial charge in [-0.3, -0.25) is 0 Å². The molecule has 1 nitrogen and oxygen atoms in total. The van der Waals surface area contributed by atoms with Crippen molar-refractivity contribution in [3.63, 3.8) is 0 Å². The van der Waals surface area contributed by atoms with E-state index in [1.165, 1.54) is 12.1 Å². The standard InChI is InChI=1S/C12H14ClFO/c1-8(2)5-10(7-15)9-3-4-11(13)12(14)6-9/h3-4,6-8,10H,5H2,1-2H3. The molecule has 0 aliphatic carbocycles. The van der Waals surface area contributed by atoms with Gasteiger partial charge in [0.05, 0.1) is 5.02 Å². The van der Waals surface area contributed by atoms with Gasteiger partial charge in [0.15, 0.2) is 0 Å². The highest BCUT2D eigenvalue weighted by Gasteiger charge is 2.13. The summed E-state index contributed by atoms with van der Waals surface area (Å²) in [6.07, 6.45) is 1.59. The summed E-state index contributed by atoms with van der Waals surface area (Å²) in [5, 5.41) is 0.0907. The Balaban J connectivity index is 2.92. The summed E-state index contributed by atoms with van der Waals surface area (Å²) >= 11 is 5.57. The van der Waals surface area contributed by atoms with Crippen molar-refractivity contribution in [2.75, 3.05) is 0 Å². The second kappa shape index (κ2) is 5.26. The van der Waals surface area contributed by atoms with Gasteiger partial charge in [-0.2, -0.15) is 0 Å². The Kier molecular flexibility index (Phi) is 4.28. The van der Waals surface area contributed by atoms with Gasteiger partial charge in [-0.1, -0.05) is 31.5 Å². The maximum absolute atomic E-state index is 13.2. The normalized spacial score (nSPS) is 12.9. The molecule has 0 amide bonds. The monoisotopic (exact) mass is 228 g/mol. The lowest BCUT2D eigenvalue weighted by molar-refractivity contribution is -0.109. The predicted octanol–water partition coefficient (Wildman–Crippen LogP) is 3.81. The SMILES string of the molecule is CC(C)CC(C=O)c1ccc(Cl)c(F)c1. The van der Waals surface area contributed by atoms with Crippen molar-refractivity contribution in [2.24, 2.45) is 5.92 Å². The van der Waals surface area contributed by atoms with E-state index in [1.54, 1.807) is 6.07 Å². The summed E-state index contributed by atoms with van der Waals surface area (Å²) in [4.78, 5) is 10.9. The number of hydrogen-bond donors (Lipinski definition) is 0. The zero-order chi connectivity index (χ0) is 11.4. The van der Waals surface area contributed by atoms with Crippen molar-refractivity contribution in [3.8, 4) is 0 Å². The summed E-state index contributed by atoms with van der Waals surface area (Å²) in [5.41, 5.74) is 0.695. The molecule has 0 spiro atoms. The molecule has 0 bridgehead atoms. The third-order valence-corrected chi connectivity index (χ3v) is 2.57. The van der Waals surface area contributed by atoms with Crippen LogP contribution in [0.4, 0.5) is 4.39 Å². The van der Waals surface area contributed by atoms with Crippen molar-refractivity contribution in [2.45, 2.75) is 26.2 Å². The van der Waals surface area contributed by atoms with E-state index >= 15 is 0 Å². The highest BCUT2D eigenvalue weighted by molar-refractivity contribution is 6.30. The van der Waals surface area contributed by atoms with E-state index in [4.69, 9.17) is 11.6 Å². The maximum atomic E-state index is 13.2. The van der Waals surface area contributed by atoms with Crippen LogP contribution in [0, 0.1) is 11.7 Å². The van der Waals surface area contributed by atoms with E-state index in [0.717, 1.165) is 12.7 Å². The highest BCUT2D eigenvalue weighted by atomic mass is 35.5. The van der Waals surface area contributed by atoms with Crippen molar-refractivity contribution in [1.29, 1.82) is 0 Å². The third kappa shape index (κ3) is 3.31. The van der Waals surface area contributed by atoms with E-state index in [0.29, 0.717) is 11.5 Å². The van der Waals surface area contributed by atoms with E-state index < -0.39 is 5.82 Å². The number of carbonyl (C=O) groups excluding carboxylic acids is 1. The van der Waals surface area contributed by atoms with Crippen molar-refractivity contribution in [1.82, 2.24) is 0 Å². The first-order chi connectivity index (χ1) is 7.04. The molecule has 0 aliphatic rings. The van der Waals surface area contributed by atoms with Gasteiger partial charge in [0.2, 0.25) is 0 Å². The summed E-state index contributed by atoms with van der Waals surface area (Å²) < 4.78 is 13.2. The van der Waals surface area contributed by atoms with Crippen LogP contribution in [0.15, 0.2) is 18.2 Å². The van der Waals surface area contributed by atoms with Crippen LogP contribution in [0.5, 0.6) is 0 Å².